The molecule has 0 aromatic carbocycles. The zero-order valence-corrected chi connectivity index (χ0v) is 6.26. The Labute approximate surface area is 60.2 Å². The molecule has 0 bridgehead atoms. The van der Waals surface area contributed by atoms with Crippen molar-refractivity contribution in [2.24, 2.45) is 0 Å². The molecule has 0 unspecified atom stereocenters. The Morgan fingerprint density at radius 1 is 1.70 bits per heavy atom. The second-order valence-corrected chi connectivity index (χ2v) is 2.27. The first-order valence-electron chi connectivity index (χ1n) is 3.18. The van der Waals surface area contributed by atoms with Crippen molar-refractivity contribution in [3.05, 3.63) is 18.2 Å². The van der Waals surface area contributed by atoms with Gasteiger partial charge in [-0.25, -0.2) is 10.4 Å². The number of H-pyrrole nitrogens is 1. The van der Waals surface area contributed by atoms with Crippen LogP contribution >= 0.6 is 0 Å². The first-order valence-corrected chi connectivity index (χ1v) is 3.18. The molecule has 1 aromatic heterocycles. The smallest absolute Gasteiger partial charge is 0.121 e. The summed E-state index contributed by atoms with van der Waals surface area (Å²) in [5.41, 5.74) is 3.09. The average Bonchev–Trinajstić information content (AvgIpc) is 2.34. The SMILES string of the molecule is CN(C)NCc1ncc[nH]1. The minimum absolute atomic E-state index is 0.750. The molecule has 0 atom stereocenters. The minimum Gasteiger partial charge on any atom is -0.347 e. The summed E-state index contributed by atoms with van der Waals surface area (Å²) in [5.74, 6) is 0.953. The van der Waals surface area contributed by atoms with Crippen LogP contribution in [0, 0.1) is 0 Å². The molecule has 0 radical (unpaired) electrons. The quantitative estimate of drug-likeness (QED) is 0.580. The highest BCUT2D eigenvalue weighted by Gasteiger charge is 1.92. The van der Waals surface area contributed by atoms with Crippen LogP contribution < -0.4 is 5.43 Å². The number of hydrogen-bond donors (Lipinski definition) is 2. The van der Waals surface area contributed by atoms with E-state index in [0.717, 1.165) is 12.4 Å². The van der Waals surface area contributed by atoms with Crippen LogP contribution in [0.3, 0.4) is 0 Å². The third-order valence-corrected chi connectivity index (χ3v) is 1.12. The summed E-state index contributed by atoms with van der Waals surface area (Å²) in [6, 6.07) is 0. The molecule has 4 nitrogen and oxygen atoms in total. The molecule has 1 rings (SSSR count). The van der Waals surface area contributed by atoms with Crippen LogP contribution in [0.1, 0.15) is 5.82 Å². The number of nitrogens with zero attached hydrogens (tertiary/aromatic N) is 2. The Morgan fingerprint density at radius 3 is 3.00 bits per heavy atom. The fraction of sp³-hybridized carbons (Fsp3) is 0.500. The third-order valence-electron chi connectivity index (χ3n) is 1.12. The first-order chi connectivity index (χ1) is 4.79. The molecule has 0 spiro atoms. The van der Waals surface area contributed by atoms with Crippen LogP contribution in [0.5, 0.6) is 0 Å². The summed E-state index contributed by atoms with van der Waals surface area (Å²) in [6.07, 6.45) is 3.55. The van der Waals surface area contributed by atoms with Gasteiger partial charge in [-0.3, -0.25) is 5.01 Å². The van der Waals surface area contributed by atoms with Crippen molar-refractivity contribution in [3.63, 3.8) is 0 Å². The van der Waals surface area contributed by atoms with Crippen LogP contribution in [0.25, 0.3) is 0 Å². The maximum absolute atomic E-state index is 4.04. The Kier molecular flexibility index (Phi) is 2.42. The standard InChI is InChI=1S/C6H12N4/c1-10(2)9-5-6-7-3-4-8-6/h3-4,9H,5H2,1-2H3,(H,7,8). The van der Waals surface area contributed by atoms with Gasteiger partial charge in [0, 0.05) is 26.5 Å². The summed E-state index contributed by atoms with van der Waals surface area (Å²) in [7, 11) is 3.89. The molecule has 0 aliphatic carbocycles. The van der Waals surface area contributed by atoms with E-state index in [2.05, 4.69) is 15.4 Å². The van der Waals surface area contributed by atoms with E-state index in [1.165, 1.54) is 0 Å². The highest BCUT2D eigenvalue weighted by atomic mass is 15.5. The Hall–Kier alpha value is -0.870. The average molecular weight is 140 g/mol. The lowest BCUT2D eigenvalue weighted by atomic mass is 10.6. The van der Waals surface area contributed by atoms with Crippen molar-refractivity contribution in [1.29, 1.82) is 0 Å². The monoisotopic (exact) mass is 140 g/mol. The maximum Gasteiger partial charge on any atom is 0.121 e. The summed E-state index contributed by atoms with van der Waals surface area (Å²) in [4.78, 5) is 7.04. The number of aromatic nitrogens is 2. The van der Waals surface area contributed by atoms with E-state index < -0.39 is 0 Å². The fourth-order valence-corrected chi connectivity index (χ4v) is 0.628. The molecule has 1 heterocycles. The molecule has 0 saturated heterocycles. The van der Waals surface area contributed by atoms with Gasteiger partial charge in [-0.2, -0.15) is 0 Å². The lowest BCUT2D eigenvalue weighted by molar-refractivity contribution is 0.282. The van der Waals surface area contributed by atoms with Crippen molar-refractivity contribution >= 4 is 0 Å². The van der Waals surface area contributed by atoms with E-state index >= 15 is 0 Å². The molecule has 0 aliphatic heterocycles. The second kappa shape index (κ2) is 3.34. The Morgan fingerprint density at radius 2 is 2.50 bits per heavy atom. The molecule has 0 saturated carbocycles. The van der Waals surface area contributed by atoms with Crippen LogP contribution in [-0.4, -0.2) is 29.1 Å². The highest BCUT2D eigenvalue weighted by molar-refractivity contribution is 4.85. The molecule has 2 N–H and O–H groups in total. The maximum atomic E-state index is 4.04. The topological polar surface area (TPSA) is 44.0 Å². The van der Waals surface area contributed by atoms with Crippen LogP contribution in [-0.2, 0) is 6.54 Å². The molecular weight excluding hydrogens is 128 g/mol. The van der Waals surface area contributed by atoms with Crippen molar-refractivity contribution in [2.45, 2.75) is 6.54 Å². The van der Waals surface area contributed by atoms with Gasteiger partial charge in [0.1, 0.15) is 5.82 Å². The van der Waals surface area contributed by atoms with Crippen molar-refractivity contribution < 1.29 is 0 Å². The lowest BCUT2D eigenvalue weighted by Crippen LogP contribution is -2.29. The van der Waals surface area contributed by atoms with Crippen LogP contribution in [0.15, 0.2) is 12.4 Å². The van der Waals surface area contributed by atoms with Gasteiger partial charge in [0.15, 0.2) is 0 Å². The molecule has 4 heteroatoms. The van der Waals surface area contributed by atoms with Gasteiger partial charge in [-0.1, -0.05) is 0 Å². The molecule has 56 valence electrons. The first kappa shape index (κ1) is 7.24. The van der Waals surface area contributed by atoms with Gasteiger partial charge < -0.3 is 4.98 Å². The fourth-order valence-electron chi connectivity index (χ4n) is 0.628. The lowest BCUT2D eigenvalue weighted by Gasteiger charge is -2.09. The molecule has 0 aliphatic rings. The molecule has 1 aromatic rings. The number of imidazole rings is 1. The minimum atomic E-state index is 0.750. The number of hydrogen-bond acceptors (Lipinski definition) is 3. The Balaban J connectivity index is 2.28. The van der Waals surface area contributed by atoms with E-state index in [1.54, 1.807) is 6.20 Å². The van der Waals surface area contributed by atoms with Crippen molar-refractivity contribution in [2.75, 3.05) is 14.1 Å². The van der Waals surface area contributed by atoms with Gasteiger partial charge in [0.25, 0.3) is 0 Å². The normalized spacial score (nSPS) is 10.7. The predicted molar refractivity (Wildman–Crippen MR) is 39.1 cm³/mol. The van der Waals surface area contributed by atoms with Gasteiger partial charge in [0.2, 0.25) is 0 Å². The van der Waals surface area contributed by atoms with E-state index in [-0.39, 0.29) is 0 Å². The molecular formula is C6H12N4. The van der Waals surface area contributed by atoms with E-state index in [4.69, 9.17) is 0 Å². The second-order valence-electron chi connectivity index (χ2n) is 2.27. The third kappa shape index (κ3) is 2.16. The van der Waals surface area contributed by atoms with Gasteiger partial charge in [-0.05, 0) is 0 Å². The van der Waals surface area contributed by atoms with Gasteiger partial charge in [0.05, 0.1) is 6.54 Å². The predicted octanol–water partition coefficient (Wildman–Crippen LogP) is -0.0241. The van der Waals surface area contributed by atoms with E-state index in [1.807, 2.05) is 25.3 Å². The van der Waals surface area contributed by atoms with Crippen molar-refractivity contribution in [1.82, 2.24) is 20.4 Å². The zero-order valence-electron chi connectivity index (χ0n) is 6.26. The largest absolute Gasteiger partial charge is 0.347 e. The van der Waals surface area contributed by atoms with Gasteiger partial charge >= 0.3 is 0 Å². The highest BCUT2D eigenvalue weighted by Crippen LogP contribution is 1.85. The zero-order chi connectivity index (χ0) is 7.40. The Bertz CT molecular complexity index is 168. The van der Waals surface area contributed by atoms with Gasteiger partial charge in [-0.15, -0.1) is 0 Å². The summed E-state index contributed by atoms with van der Waals surface area (Å²) >= 11 is 0. The number of hydrazine groups is 1. The summed E-state index contributed by atoms with van der Waals surface area (Å²) < 4.78 is 0. The summed E-state index contributed by atoms with van der Waals surface area (Å²) in [6.45, 7) is 0.750. The van der Waals surface area contributed by atoms with E-state index in [0.29, 0.717) is 0 Å². The molecule has 10 heavy (non-hydrogen) atoms. The summed E-state index contributed by atoms with van der Waals surface area (Å²) in [5, 5.41) is 1.89. The molecule has 0 amide bonds. The van der Waals surface area contributed by atoms with Crippen molar-refractivity contribution in [3.8, 4) is 0 Å². The number of aromatic amines is 1. The molecule has 0 fully saturated rings. The van der Waals surface area contributed by atoms with Crippen LogP contribution in [0.4, 0.5) is 0 Å². The number of nitrogens with one attached hydrogen (secondary N) is 2. The van der Waals surface area contributed by atoms with E-state index in [9.17, 15) is 0 Å². The van der Waals surface area contributed by atoms with Crippen LogP contribution in [0.2, 0.25) is 0 Å². The number of rotatable bonds is 3.